The highest BCUT2D eigenvalue weighted by Gasteiger charge is 2.35. The minimum absolute atomic E-state index is 0.233. The molecule has 2 aliphatic rings. The molecule has 0 saturated carbocycles. The second-order valence-corrected chi connectivity index (χ2v) is 7.56. The van der Waals surface area contributed by atoms with Gasteiger partial charge in [-0.3, -0.25) is 5.41 Å². The molecular formula is C13H15FN2O2S. The summed E-state index contributed by atoms with van der Waals surface area (Å²) in [4.78, 5) is 1.73. The zero-order valence-electron chi connectivity index (χ0n) is 10.4. The van der Waals surface area contributed by atoms with E-state index in [-0.39, 0.29) is 22.7 Å². The van der Waals surface area contributed by atoms with Gasteiger partial charge in [0.15, 0.2) is 9.84 Å². The molecule has 0 bridgehead atoms. The van der Waals surface area contributed by atoms with Crippen LogP contribution in [0.3, 0.4) is 0 Å². The second-order valence-electron chi connectivity index (χ2n) is 5.16. The van der Waals surface area contributed by atoms with Gasteiger partial charge in [0.05, 0.1) is 11.0 Å². The van der Waals surface area contributed by atoms with Crippen molar-refractivity contribution in [3.8, 4) is 0 Å². The fraction of sp³-hybridized carbons (Fsp3) is 0.462. The molecule has 6 heteroatoms. The van der Waals surface area contributed by atoms with Gasteiger partial charge in [0.2, 0.25) is 0 Å². The number of hydrogen-bond acceptors (Lipinski definition) is 3. The molecule has 1 atom stereocenters. The molecule has 2 heterocycles. The van der Waals surface area contributed by atoms with Gasteiger partial charge in [0, 0.05) is 18.7 Å². The van der Waals surface area contributed by atoms with Crippen molar-refractivity contribution in [2.24, 2.45) is 0 Å². The third-order valence-electron chi connectivity index (χ3n) is 3.89. The van der Waals surface area contributed by atoms with E-state index in [1.807, 2.05) is 0 Å². The van der Waals surface area contributed by atoms with E-state index >= 15 is 0 Å². The van der Waals surface area contributed by atoms with Crippen LogP contribution in [0.25, 0.3) is 0 Å². The first-order valence-corrected chi connectivity index (χ1v) is 8.03. The van der Waals surface area contributed by atoms with E-state index in [0.717, 1.165) is 5.56 Å². The van der Waals surface area contributed by atoms with Crippen molar-refractivity contribution < 1.29 is 12.8 Å². The maximum Gasteiger partial charge on any atom is 0.154 e. The van der Waals surface area contributed by atoms with Crippen LogP contribution in [0, 0.1) is 11.2 Å². The number of fused-ring (bicyclic) bond motifs is 1. The topological polar surface area (TPSA) is 61.2 Å². The average Bonchev–Trinajstić information content (AvgIpc) is 2.83. The van der Waals surface area contributed by atoms with Crippen LogP contribution in [0.1, 0.15) is 24.0 Å². The predicted molar refractivity (Wildman–Crippen MR) is 70.4 cm³/mol. The molecule has 2 aliphatic heterocycles. The number of halogens is 1. The van der Waals surface area contributed by atoms with Crippen LogP contribution < -0.4 is 0 Å². The summed E-state index contributed by atoms with van der Waals surface area (Å²) >= 11 is 0. The predicted octanol–water partition coefficient (Wildman–Crippen LogP) is 1.54. The van der Waals surface area contributed by atoms with Gasteiger partial charge >= 0.3 is 0 Å². The number of sulfone groups is 1. The number of nitrogens with one attached hydrogen (secondary N) is 1. The van der Waals surface area contributed by atoms with Crippen LogP contribution in [-0.2, 0) is 16.4 Å². The molecule has 1 fully saturated rings. The lowest BCUT2D eigenvalue weighted by atomic mass is 10.1. The fourth-order valence-electron chi connectivity index (χ4n) is 2.83. The van der Waals surface area contributed by atoms with Gasteiger partial charge in [-0.1, -0.05) is 6.07 Å². The lowest BCUT2D eigenvalue weighted by Crippen LogP contribution is -2.35. The van der Waals surface area contributed by atoms with E-state index in [0.29, 0.717) is 31.5 Å². The van der Waals surface area contributed by atoms with Gasteiger partial charge in [-0.2, -0.15) is 0 Å². The Morgan fingerprint density at radius 3 is 2.89 bits per heavy atom. The number of rotatable bonds is 2. The molecule has 19 heavy (non-hydrogen) atoms. The van der Waals surface area contributed by atoms with Crippen LogP contribution in [0.5, 0.6) is 0 Å². The van der Waals surface area contributed by atoms with E-state index in [4.69, 9.17) is 5.41 Å². The van der Waals surface area contributed by atoms with Gasteiger partial charge in [0.1, 0.15) is 11.7 Å². The Kier molecular flexibility index (Phi) is 2.85. The summed E-state index contributed by atoms with van der Waals surface area (Å²) in [7, 11) is -3.01. The summed E-state index contributed by atoms with van der Waals surface area (Å²) < 4.78 is 36.8. The molecule has 4 nitrogen and oxygen atoms in total. The lowest BCUT2D eigenvalue weighted by Gasteiger charge is -2.21. The molecule has 0 spiro atoms. The van der Waals surface area contributed by atoms with Crippen molar-refractivity contribution in [1.82, 2.24) is 4.90 Å². The van der Waals surface area contributed by atoms with Gasteiger partial charge in [-0.05, 0) is 30.5 Å². The summed E-state index contributed by atoms with van der Waals surface area (Å²) in [6.45, 7) is 0.845. The zero-order valence-corrected chi connectivity index (χ0v) is 11.2. The van der Waals surface area contributed by atoms with Crippen LogP contribution in [0.2, 0.25) is 0 Å². The molecule has 3 rings (SSSR count). The van der Waals surface area contributed by atoms with E-state index < -0.39 is 9.84 Å². The smallest absolute Gasteiger partial charge is 0.154 e. The summed E-state index contributed by atoms with van der Waals surface area (Å²) in [6, 6.07) is 4.39. The third-order valence-corrected chi connectivity index (χ3v) is 6.15. The van der Waals surface area contributed by atoms with E-state index in [1.165, 1.54) is 12.1 Å². The highest BCUT2D eigenvalue weighted by Crippen LogP contribution is 2.27. The normalized spacial score (nSPS) is 24.8. The Labute approximate surface area is 111 Å². The minimum Gasteiger partial charge on any atom is -0.351 e. The van der Waals surface area contributed by atoms with Crippen molar-refractivity contribution in [1.29, 1.82) is 5.41 Å². The van der Waals surface area contributed by atoms with Crippen LogP contribution in [-0.4, -0.2) is 36.7 Å². The zero-order chi connectivity index (χ0) is 13.6. The number of nitrogens with zero attached hydrogens (tertiary/aromatic N) is 1. The molecule has 1 saturated heterocycles. The lowest BCUT2D eigenvalue weighted by molar-refractivity contribution is 0.415. The van der Waals surface area contributed by atoms with E-state index in [9.17, 15) is 12.8 Å². The molecule has 1 aromatic rings. The Hall–Kier alpha value is -1.43. The summed E-state index contributed by atoms with van der Waals surface area (Å²) in [5, 5.41) is 7.66. The molecule has 0 aromatic heterocycles. The molecule has 1 aromatic carbocycles. The van der Waals surface area contributed by atoms with E-state index in [2.05, 4.69) is 0 Å². The summed E-state index contributed by atoms with van der Waals surface area (Å²) in [5.41, 5.74) is 1.47. The Morgan fingerprint density at radius 1 is 1.42 bits per heavy atom. The molecule has 0 aliphatic carbocycles. The molecule has 0 radical (unpaired) electrons. The number of amidine groups is 1. The SMILES string of the molecule is N=C1c2cc(F)ccc2CN1CC1CCCS1(=O)=O. The van der Waals surface area contributed by atoms with Crippen LogP contribution in [0.4, 0.5) is 4.39 Å². The van der Waals surface area contributed by atoms with Crippen molar-refractivity contribution in [3.05, 3.63) is 35.1 Å². The number of hydrogen-bond donors (Lipinski definition) is 1. The standard InChI is InChI=1S/C13H15FN2O2S/c14-10-4-3-9-7-16(13(15)12(9)6-10)8-11-2-1-5-19(11,17)18/h3-4,6,11,15H,1-2,5,7-8H2. The first-order valence-electron chi connectivity index (χ1n) is 6.31. The Bertz CT molecular complexity index is 642. The van der Waals surface area contributed by atoms with Crippen LogP contribution in [0.15, 0.2) is 18.2 Å². The fourth-order valence-corrected chi connectivity index (χ4v) is 4.66. The van der Waals surface area contributed by atoms with Gasteiger partial charge in [-0.25, -0.2) is 12.8 Å². The molecule has 0 amide bonds. The summed E-state index contributed by atoms with van der Waals surface area (Å²) in [5.74, 6) is 0.121. The van der Waals surface area contributed by atoms with Gasteiger partial charge < -0.3 is 4.90 Å². The van der Waals surface area contributed by atoms with Crippen LogP contribution >= 0.6 is 0 Å². The largest absolute Gasteiger partial charge is 0.351 e. The Morgan fingerprint density at radius 2 is 2.21 bits per heavy atom. The van der Waals surface area contributed by atoms with E-state index in [1.54, 1.807) is 11.0 Å². The maximum atomic E-state index is 13.2. The molecule has 102 valence electrons. The first kappa shape index (κ1) is 12.6. The first-order chi connectivity index (χ1) is 8.97. The molecule has 1 N–H and O–H groups in total. The highest BCUT2D eigenvalue weighted by atomic mass is 32.2. The van der Waals surface area contributed by atoms with Crippen molar-refractivity contribution in [2.75, 3.05) is 12.3 Å². The monoisotopic (exact) mass is 282 g/mol. The van der Waals surface area contributed by atoms with Crippen molar-refractivity contribution >= 4 is 15.7 Å². The maximum absolute atomic E-state index is 13.2. The van der Waals surface area contributed by atoms with Crippen molar-refractivity contribution in [3.63, 3.8) is 0 Å². The van der Waals surface area contributed by atoms with Gasteiger partial charge in [-0.15, -0.1) is 0 Å². The summed E-state index contributed by atoms with van der Waals surface area (Å²) in [6.07, 6.45) is 1.37. The molecule has 1 unspecified atom stereocenters. The quantitative estimate of drug-likeness (QED) is 0.895. The van der Waals surface area contributed by atoms with Crippen molar-refractivity contribution in [2.45, 2.75) is 24.6 Å². The average molecular weight is 282 g/mol. The molecular weight excluding hydrogens is 267 g/mol. The Balaban J connectivity index is 1.81. The van der Waals surface area contributed by atoms with Gasteiger partial charge in [0.25, 0.3) is 0 Å². The minimum atomic E-state index is -3.01. The number of benzene rings is 1. The highest BCUT2D eigenvalue weighted by molar-refractivity contribution is 7.92. The second kappa shape index (κ2) is 4.30. The third kappa shape index (κ3) is 2.14.